The number of rotatable bonds is 6. The maximum absolute atomic E-state index is 11.7. The van der Waals surface area contributed by atoms with Gasteiger partial charge >= 0.3 is 0 Å². The highest BCUT2D eigenvalue weighted by molar-refractivity contribution is 7.88. The Morgan fingerprint density at radius 2 is 2.12 bits per heavy atom. The average Bonchev–Trinajstić information content (AvgIpc) is 2.67. The van der Waals surface area contributed by atoms with Crippen LogP contribution in [0.25, 0.3) is 0 Å². The zero-order valence-corrected chi connectivity index (χ0v) is 10.3. The van der Waals surface area contributed by atoms with Gasteiger partial charge in [-0.1, -0.05) is 0 Å². The minimum atomic E-state index is -3.47. The van der Waals surface area contributed by atoms with Gasteiger partial charge in [0.25, 0.3) is 10.0 Å². The van der Waals surface area contributed by atoms with E-state index in [2.05, 4.69) is 5.32 Å². The van der Waals surface area contributed by atoms with Crippen molar-refractivity contribution in [3.63, 3.8) is 0 Å². The molecule has 0 saturated carbocycles. The molecular weight excluding hydrogens is 230 g/mol. The van der Waals surface area contributed by atoms with Gasteiger partial charge in [0.1, 0.15) is 5.76 Å². The standard InChI is InChI=1S/C9H17N3O3S/c1-12(2)16(13,14)9-4-3-8(15-9)7-11-6-5-10/h3-4,11H,5-7,10H2,1-2H3. The molecule has 0 fully saturated rings. The van der Waals surface area contributed by atoms with Crippen LogP contribution in [0.5, 0.6) is 0 Å². The van der Waals surface area contributed by atoms with Crippen LogP contribution < -0.4 is 11.1 Å². The van der Waals surface area contributed by atoms with Gasteiger partial charge in [-0.15, -0.1) is 0 Å². The molecule has 1 aromatic heterocycles. The van der Waals surface area contributed by atoms with Crippen molar-refractivity contribution < 1.29 is 12.8 Å². The highest BCUT2D eigenvalue weighted by atomic mass is 32.2. The Kier molecular flexibility index (Phi) is 4.48. The fourth-order valence-electron chi connectivity index (χ4n) is 1.09. The van der Waals surface area contributed by atoms with Crippen molar-refractivity contribution in [3.8, 4) is 0 Å². The fourth-order valence-corrected chi connectivity index (χ4v) is 1.90. The van der Waals surface area contributed by atoms with E-state index in [0.717, 1.165) is 4.31 Å². The predicted molar refractivity (Wildman–Crippen MR) is 60.3 cm³/mol. The summed E-state index contributed by atoms with van der Waals surface area (Å²) in [4.78, 5) is 0. The Morgan fingerprint density at radius 1 is 1.44 bits per heavy atom. The van der Waals surface area contributed by atoms with E-state index in [0.29, 0.717) is 25.4 Å². The molecule has 0 unspecified atom stereocenters. The van der Waals surface area contributed by atoms with Crippen molar-refractivity contribution in [3.05, 3.63) is 17.9 Å². The van der Waals surface area contributed by atoms with Crippen LogP contribution in [0.1, 0.15) is 5.76 Å². The van der Waals surface area contributed by atoms with Gasteiger partial charge in [-0.2, -0.15) is 0 Å². The molecule has 0 radical (unpaired) electrons. The molecule has 92 valence electrons. The summed E-state index contributed by atoms with van der Waals surface area (Å²) >= 11 is 0. The van der Waals surface area contributed by atoms with Crippen molar-refractivity contribution in [1.82, 2.24) is 9.62 Å². The van der Waals surface area contributed by atoms with E-state index < -0.39 is 10.0 Å². The van der Waals surface area contributed by atoms with E-state index in [1.54, 1.807) is 6.07 Å². The van der Waals surface area contributed by atoms with Crippen LogP contribution in [0.2, 0.25) is 0 Å². The molecule has 16 heavy (non-hydrogen) atoms. The summed E-state index contributed by atoms with van der Waals surface area (Å²) in [6, 6.07) is 3.09. The molecule has 1 rings (SSSR count). The van der Waals surface area contributed by atoms with Crippen LogP contribution in [0.3, 0.4) is 0 Å². The third-order valence-corrected chi connectivity index (χ3v) is 3.68. The summed E-state index contributed by atoms with van der Waals surface area (Å²) in [6.07, 6.45) is 0. The summed E-state index contributed by atoms with van der Waals surface area (Å²) in [7, 11) is -0.547. The Labute approximate surface area is 95.5 Å². The van der Waals surface area contributed by atoms with Gasteiger partial charge in [0, 0.05) is 27.2 Å². The first-order chi connectivity index (χ1) is 7.48. The molecular formula is C9H17N3O3S. The fraction of sp³-hybridized carbons (Fsp3) is 0.556. The number of nitrogens with one attached hydrogen (secondary N) is 1. The lowest BCUT2D eigenvalue weighted by Gasteiger charge is -2.07. The lowest BCUT2D eigenvalue weighted by Crippen LogP contribution is -2.22. The summed E-state index contributed by atoms with van der Waals surface area (Å²) in [5, 5.41) is 2.98. The molecule has 0 spiro atoms. The van der Waals surface area contributed by atoms with Crippen LogP contribution >= 0.6 is 0 Å². The van der Waals surface area contributed by atoms with Crippen molar-refractivity contribution in [2.45, 2.75) is 11.6 Å². The normalized spacial score (nSPS) is 12.2. The monoisotopic (exact) mass is 247 g/mol. The molecule has 3 N–H and O–H groups in total. The van der Waals surface area contributed by atoms with Gasteiger partial charge in [0.05, 0.1) is 6.54 Å². The molecule has 0 aliphatic carbocycles. The van der Waals surface area contributed by atoms with Crippen LogP contribution in [0.15, 0.2) is 21.6 Å². The first kappa shape index (κ1) is 13.2. The summed E-state index contributed by atoms with van der Waals surface area (Å²) in [5.74, 6) is 0.578. The molecule has 1 heterocycles. The van der Waals surface area contributed by atoms with Gasteiger partial charge < -0.3 is 15.5 Å². The van der Waals surface area contributed by atoms with Crippen molar-refractivity contribution in [1.29, 1.82) is 0 Å². The maximum Gasteiger partial charge on any atom is 0.275 e. The zero-order valence-electron chi connectivity index (χ0n) is 9.43. The van der Waals surface area contributed by atoms with E-state index in [1.165, 1.54) is 20.2 Å². The second-order valence-electron chi connectivity index (χ2n) is 3.47. The zero-order chi connectivity index (χ0) is 12.2. The molecule has 0 aliphatic heterocycles. The van der Waals surface area contributed by atoms with Crippen LogP contribution in [-0.4, -0.2) is 39.9 Å². The number of furan rings is 1. The Balaban J connectivity index is 2.72. The average molecular weight is 247 g/mol. The third kappa shape index (κ3) is 3.05. The molecule has 0 aliphatic rings. The van der Waals surface area contributed by atoms with Gasteiger partial charge in [-0.05, 0) is 12.1 Å². The van der Waals surface area contributed by atoms with Gasteiger partial charge in [-0.25, -0.2) is 12.7 Å². The maximum atomic E-state index is 11.7. The van der Waals surface area contributed by atoms with Gasteiger partial charge in [0.2, 0.25) is 5.09 Å². The van der Waals surface area contributed by atoms with Crippen molar-refractivity contribution in [2.75, 3.05) is 27.2 Å². The quantitative estimate of drug-likeness (QED) is 0.666. The molecule has 0 amide bonds. The van der Waals surface area contributed by atoms with E-state index in [9.17, 15) is 8.42 Å². The second-order valence-corrected chi connectivity index (χ2v) is 5.56. The Morgan fingerprint density at radius 3 is 2.69 bits per heavy atom. The number of hydrogen-bond donors (Lipinski definition) is 2. The smallest absolute Gasteiger partial charge is 0.275 e. The van der Waals surface area contributed by atoms with E-state index >= 15 is 0 Å². The first-order valence-corrected chi connectivity index (χ1v) is 6.34. The van der Waals surface area contributed by atoms with Crippen LogP contribution in [-0.2, 0) is 16.6 Å². The second kappa shape index (κ2) is 5.44. The minimum absolute atomic E-state index is 0.0398. The van der Waals surface area contributed by atoms with E-state index in [1.807, 2.05) is 0 Å². The summed E-state index contributed by atoms with van der Waals surface area (Å²) in [6.45, 7) is 1.67. The van der Waals surface area contributed by atoms with E-state index in [4.69, 9.17) is 10.2 Å². The lowest BCUT2D eigenvalue weighted by molar-refractivity contribution is 0.390. The molecule has 0 bridgehead atoms. The molecule has 0 saturated heterocycles. The molecule has 0 aromatic carbocycles. The summed E-state index contributed by atoms with van der Waals surface area (Å²) in [5.41, 5.74) is 5.31. The minimum Gasteiger partial charge on any atom is -0.447 e. The van der Waals surface area contributed by atoms with Gasteiger partial charge in [-0.3, -0.25) is 0 Å². The van der Waals surface area contributed by atoms with Gasteiger partial charge in [0.15, 0.2) is 0 Å². The Hall–Kier alpha value is -0.890. The largest absolute Gasteiger partial charge is 0.447 e. The number of hydrogen-bond acceptors (Lipinski definition) is 5. The number of nitrogens with two attached hydrogens (primary N) is 1. The molecule has 1 aromatic rings. The van der Waals surface area contributed by atoms with Crippen molar-refractivity contribution >= 4 is 10.0 Å². The lowest BCUT2D eigenvalue weighted by atomic mass is 10.4. The summed E-state index contributed by atoms with van der Waals surface area (Å²) < 4.78 is 29.7. The highest BCUT2D eigenvalue weighted by Gasteiger charge is 2.21. The SMILES string of the molecule is CN(C)S(=O)(=O)c1ccc(CNCCN)o1. The highest BCUT2D eigenvalue weighted by Crippen LogP contribution is 2.16. The number of nitrogens with zero attached hydrogens (tertiary/aromatic N) is 1. The molecule has 6 nitrogen and oxygen atoms in total. The van der Waals surface area contributed by atoms with Crippen LogP contribution in [0, 0.1) is 0 Å². The number of sulfonamides is 1. The Bertz CT molecular complexity index is 425. The first-order valence-electron chi connectivity index (χ1n) is 4.90. The van der Waals surface area contributed by atoms with E-state index in [-0.39, 0.29) is 5.09 Å². The van der Waals surface area contributed by atoms with Crippen molar-refractivity contribution in [2.24, 2.45) is 5.73 Å². The molecule has 7 heteroatoms. The topological polar surface area (TPSA) is 88.6 Å². The third-order valence-electron chi connectivity index (χ3n) is 1.99. The molecule has 0 atom stereocenters. The van der Waals surface area contributed by atoms with Crippen LogP contribution in [0.4, 0.5) is 0 Å². The predicted octanol–water partition coefficient (Wildman–Crippen LogP) is -0.422.